The van der Waals surface area contributed by atoms with E-state index in [1.807, 2.05) is 18.2 Å². The summed E-state index contributed by atoms with van der Waals surface area (Å²) in [4.78, 5) is 2.29. The number of anilines is 3. The van der Waals surface area contributed by atoms with E-state index in [9.17, 15) is 0 Å². The van der Waals surface area contributed by atoms with Gasteiger partial charge < -0.3 is 19.6 Å². The van der Waals surface area contributed by atoms with E-state index in [1.54, 1.807) is 0 Å². The summed E-state index contributed by atoms with van der Waals surface area (Å²) in [5.74, 6) is 0.502. The van der Waals surface area contributed by atoms with Gasteiger partial charge >= 0.3 is 0 Å². The lowest BCUT2D eigenvalue weighted by Gasteiger charge is -2.29. The highest BCUT2D eigenvalue weighted by Crippen LogP contribution is 2.54. The van der Waals surface area contributed by atoms with Gasteiger partial charge in [0.05, 0.1) is 22.4 Å². The third kappa shape index (κ3) is 4.92. The molecule has 4 nitrogen and oxygen atoms in total. The van der Waals surface area contributed by atoms with Gasteiger partial charge in [0.25, 0.3) is 0 Å². The Hall–Kier alpha value is -6.78. The third-order valence-corrected chi connectivity index (χ3v) is 12.5. The molecule has 7 aromatic carbocycles. The normalized spacial score (nSPS) is 15.8. The predicted molar refractivity (Wildman–Crippen MR) is 235 cm³/mol. The van der Waals surface area contributed by atoms with Crippen LogP contribution in [0.2, 0.25) is 0 Å². The zero-order valence-electron chi connectivity index (χ0n) is 31.5. The quantitative estimate of drug-likeness (QED) is 0.174. The Morgan fingerprint density at radius 1 is 0.696 bits per heavy atom. The number of fused-ring (bicyclic) bond motifs is 9. The van der Waals surface area contributed by atoms with Crippen molar-refractivity contribution in [2.45, 2.75) is 32.2 Å². The number of nitrogens with two attached hydrogens (primary N) is 1. The van der Waals surface area contributed by atoms with Gasteiger partial charge in [-0.1, -0.05) is 117 Å². The smallest absolute Gasteiger partial charge is 0.137 e. The Morgan fingerprint density at radius 3 is 2.36 bits per heavy atom. The highest BCUT2D eigenvalue weighted by molar-refractivity contribution is 6.14. The molecule has 2 aromatic heterocycles. The molecule has 0 radical (unpaired) electrons. The number of allylic oxidation sites excluding steroid dienone is 4. The molecule has 1 unspecified atom stereocenters. The van der Waals surface area contributed by atoms with Crippen molar-refractivity contribution >= 4 is 66.4 Å². The van der Waals surface area contributed by atoms with Crippen molar-refractivity contribution in [3.8, 4) is 16.8 Å². The van der Waals surface area contributed by atoms with Gasteiger partial charge in [0.15, 0.2) is 0 Å². The second-order valence-electron chi connectivity index (χ2n) is 16.0. The molecule has 0 aliphatic heterocycles. The molecule has 4 heteroatoms. The average Bonchev–Trinajstić information content (AvgIpc) is 3.85. The van der Waals surface area contributed by atoms with Crippen molar-refractivity contribution < 1.29 is 4.42 Å². The van der Waals surface area contributed by atoms with E-state index in [2.05, 4.69) is 175 Å². The molecule has 0 fully saturated rings. The van der Waals surface area contributed by atoms with Gasteiger partial charge in [-0.25, -0.2) is 0 Å². The van der Waals surface area contributed by atoms with Gasteiger partial charge in [0.1, 0.15) is 11.2 Å². The summed E-state index contributed by atoms with van der Waals surface area (Å²) in [6.45, 7) is 5.55. The molecule has 270 valence electrons. The maximum Gasteiger partial charge on any atom is 0.137 e. The molecule has 0 amide bonds. The fourth-order valence-electron chi connectivity index (χ4n) is 9.67. The van der Waals surface area contributed by atoms with Gasteiger partial charge in [-0.2, -0.15) is 0 Å². The standard InChI is InChI=1S/C52H41N3O/c1-52(2)43-18-8-6-15-38(43)41-31-48-42(30-44(41)52)39-16-7-10-20-46(39)55(48)36-27-28-40-50(29-36)56-49-22-12-17-37(51(40)49)34-23-25-35(26-24-34)54(32-33-13-4-3-5-14-33)47-21-11-9-19-45(47)53/h3-17,19-31,43H,18,32,53H2,1-2H3. The van der Waals surface area contributed by atoms with Gasteiger partial charge in [0, 0.05) is 45.5 Å². The Kier molecular flexibility index (Phi) is 7.21. The van der Waals surface area contributed by atoms with Crippen LogP contribution in [0.15, 0.2) is 174 Å². The number of nitrogen functional groups attached to an aromatic ring is 1. The van der Waals surface area contributed by atoms with Crippen LogP contribution < -0.4 is 10.6 Å². The molecule has 56 heavy (non-hydrogen) atoms. The summed E-state index contributed by atoms with van der Waals surface area (Å²) >= 11 is 0. The molecule has 2 aliphatic carbocycles. The molecule has 0 saturated heterocycles. The van der Waals surface area contributed by atoms with Crippen LogP contribution in [0, 0.1) is 5.92 Å². The van der Waals surface area contributed by atoms with Crippen LogP contribution in [0.5, 0.6) is 0 Å². The van der Waals surface area contributed by atoms with E-state index in [1.165, 1.54) is 44.1 Å². The largest absolute Gasteiger partial charge is 0.456 e. The van der Waals surface area contributed by atoms with E-state index < -0.39 is 0 Å². The molecule has 0 spiro atoms. The number of hydrogen-bond donors (Lipinski definition) is 1. The van der Waals surface area contributed by atoms with Gasteiger partial charge in [-0.15, -0.1) is 0 Å². The van der Waals surface area contributed by atoms with E-state index in [-0.39, 0.29) is 5.41 Å². The SMILES string of the molecule is CC1(C)c2cc3c4ccccc4n(-c4ccc5c(c4)oc4cccc(-c6ccc(N(Cc7ccccc7)c7ccccc7N)cc6)c45)c3cc2C2=CC=CCC21. The zero-order valence-corrected chi connectivity index (χ0v) is 31.5. The highest BCUT2D eigenvalue weighted by Gasteiger charge is 2.43. The summed E-state index contributed by atoms with van der Waals surface area (Å²) in [7, 11) is 0. The predicted octanol–water partition coefficient (Wildman–Crippen LogP) is 13.5. The lowest BCUT2D eigenvalue weighted by Crippen LogP contribution is -2.23. The second kappa shape index (κ2) is 12.4. The van der Waals surface area contributed by atoms with E-state index in [0.717, 1.165) is 62.2 Å². The average molecular weight is 724 g/mol. The first-order chi connectivity index (χ1) is 27.4. The number of aromatic nitrogens is 1. The Bertz CT molecular complexity index is 3070. The Labute approximate surface area is 326 Å². The molecular formula is C52H41N3O. The first kappa shape index (κ1) is 32.6. The molecular weight excluding hydrogens is 683 g/mol. The molecule has 2 heterocycles. The molecule has 9 aromatic rings. The molecule has 2 N–H and O–H groups in total. The van der Waals surface area contributed by atoms with Crippen LogP contribution in [0.25, 0.3) is 66.1 Å². The minimum atomic E-state index is 0.0754. The summed E-state index contributed by atoms with van der Waals surface area (Å²) in [6, 6.07) is 54.3. The molecule has 2 aliphatic rings. The fourth-order valence-corrected chi connectivity index (χ4v) is 9.67. The van der Waals surface area contributed by atoms with Crippen molar-refractivity contribution in [2.75, 3.05) is 10.6 Å². The van der Waals surface area contributed by atoms with E-state index >= 15 is 0 Å². The molecule has 0 saturated carbocycles. The topological polar surface area (TPSA) is 47.3 Å². The zero-order chi connectivity index (χ0) is 37.5. The summed E-state index contributed by atoms with van der Waals surface area (Å²) in [5, 5.41) is 4.81. The van der Waals surface area contributed by atoms with Crippen LogP contribution in [0.3, 0.4) is 0 Å². The summed E-state index contributed by atoms with van der Waals surface area (Å²) in [5.41, 5.74) is 22.5. The minimum absolute atomic E-state index is 0.0754. The molecule has 1 atom stereocenters. The van der Waals surface area contributed by atoms with Crippen molar-refractivity contribution in [3.63, 3.8) is 0 Å². The van der Waals surface area contributed by atoms with Gasteiger partial charge in [0.2, 0.25) is 0 Å². The summed E-state index contributed by atoms with van der Waals surface area (Å²) in [6.07, 6.45) is 7.98. The van der Waals surface area contributed by atoms with Crippen molar-refractivity contribution in [1.29, 1.82) is 0 Å². The van der Waals surface area contributed by atoms with Crippen molar-refractivity contribution in [2.24, 2.45) is 5.92 Å². The number of furan rings is 1. The van der Waals surface area contributed by atoms with Gasteiger partial charge in [-0.3, -0.25) is 0 Å². The third-order valence-electron chi connectivity index (χ3n) is 12.5. The lowest BCUT2D eigenvalue weighted by atomic mass is 9.74. The lowest BCUT2D eigenvalue weighted by molar-refractivity contribution is 0.415. The maximum absolute atomic E-state index is 6.70. The maximum atomic E-state index is 6.70. The minimum Gasteiger partial charge on any atom is -0.456 e. The molecule has 0 bridgehead atoms. The van der Waals surface area contributed by atoms with Crippen LogP contribution in [0.4, 0.5) is 17.1 Å². The van der Waals surface area contributed by atoms with Crippen LogP contribution in [-0.4, -0.2) is 4.57 Å². The number of nitrogens with zero attached hydrogens (tertiary/aromatic N) is 2. The number of rotatable bonds is 6. The first-order valence-electron chi connectivity index (χ1n) is 19.6. The summed E-state index contributed by atoms with van der Waals surface area (Å²) < 4.78 is 9.12. The number of benzene rings is 7. The van der Waals surface area contributed by atoms with Crippen LogP contribution >= 0.6 is 0 Å². The Balaban J connectivity index is 1.02. The number of hydrogen-bond acceptors (Lipinski definition) is 3. The first-order valence-corrected chi connectivity index (χ1v) is 19.6. The Morgan fingerprint density at radius 2 is 1.50 bits per heavy atom. The second-order valence-corrected chi connectivity index (χ2v) is 16.0. The number of para-hydroxylation sites is 3. The van der Waals surface area contributed by atoms with Crippen LogP contribution in [0.1, 0.15) is 37.0 Å². The van der Waals surface area contributed by atoms with Crippen molar-refractivity contribution in [1.82, 2.24) is 4.57 Å². The highest BCUT2D eigenvalue weighted by atomic mass is 16.3. The van der Waals surface area contributed by atoms with Gasteiger partial charge in [-0.05, 0) is 112 Å². The monoisotopic (exact) mass is 723 g/mol. The van der Waals surface area contributed by atoms with E-state index in [4.69, 9.17) is 10.2 Å². The van der Waals surface area contributed by atoms with Crippen molar-refractivity contribution in [3.05, 3.63) is 187 Å². The van der Waals surface area contributed by atoms with E-state index in [0.29, 0.717) is 12.5 Å². The van der Waals surface area contributed by atoms with Crippen LogP contribution in [-0.2, 0) is 12.0 Å². The fraction of sp³-hybridized carbons (Fsp3) is 0.115. The molecule has 11 rings (SSSR count).